The summed E-state index contributed by atoms with van der Waals surface area (Å²) in [6, 6.07) is 6.77. The standard InChI is InChI=1S/C12H15ClN2O3/c13-9-1-3-10(4-2-9)18-5-11(16)15-8-12(17)6-14-7-12/h1-4,14,17H,5-8H2,(H,15,16). The van der Waals surface area contributed by atoms with E-state index in [1.54, 1.807) is 24.3 Å². The minimum atomic E-state index is -0.810. The lowest BCUT2D eigenvalue weighted by atomic mass is 9.97. The fourth-order valence-corrected chi connectivity index (χ4v) is 1.66. The van der Waals surface area contributed by atoms with Crippen LogP contribution in [0.5, 0.6) is 5.75 Å². The van der Waals surface area contributed by atoms with Crippen LogP contribution in [0.2, 0.25) is 5.02 Å². The maximum atomic E-state index is 11.5. The smallest absolute Gasteiger partial charge is 0.258 e. The fraction of sp³-hybridized carbons (Fsp3) is 0.417. The largest absolute Gasteiger partial charge is 0.484 e. The molecule has 0 unspecified atom stereocenters. The summed E-state index contributed by atoms with van der Waals surface area (Å²) >= 11 is 5.73. The van der Waals surface area contributed by atoms with Crippen molar-refractivity contribution in [2.45, 2.75) is 5.60 Å². The Morgan fingerprint density at radius 1 is 1.44 bits per heavy atom. The summed E-state index contributed by atoms with van der Waals surface area (Å²) in [5.74, 6) is 0.323. The van der Waals surface area contributed by atoms with Crippen molar-refractivity contribution in [3.05, 3.63) is 29.3 Å². The van der Waals surface area contributed by atoms with Crippen molar-refractivity contribution in [1.29, 1.82) is 0 Å². The highest BCUT2D eigenvalue weighted by atomic mass is 35.5. The fourth-order valence-electron chi connectivity index (χ4n) is 1.53. The van der Waals surface area contributed by atoms with Gasteiger partial charge in [-0.2, -0.15) is 0 Å². The van der Waals surface area contributed by atoms with Crippen LogP contribution in [0.4, 0.5) is 0 Å². The van der Waals surface area contributed by atoms with Gasteiger partial charge in [0.2, 0.25) is 0 Å². The number of carbonyl (C=O) groups is 1. The molecule has 1 aliphatic rings. The van der Waals surface area contributed by atoms with Crippen LogP contribution >= 0.6 is 11.6 Å². The topological polar surface area (TPSA) is 70.6 Å². The summed E-state index contributed by atoms with van der Waals surface area (Å²) in [7, 11) is 0. The van der Waals surface area contributed by atoms with E-state index in [0.29, 0.717) is 23.9 Å². The predicted molar refractivity (Wildman–Crippen MR) is 67.8 cm³/mol. The molecule has 1 saturated heterocycles. The van der Waals surface area contributed by atoms with Gasteiger partial charge in [0.1, 0.15) is 11.4 Å². The summed E-state index contributed by atoms with van der Waals surface area (Å²) in [5, 5.41) is 15.9. The van der Waals surface area contributed by atoms with E-state index in [9.17, 15) is 9.90 Å². The summed E-state index contributed by atoms with van der Waals surface area (Å²) in [5.41, 5.74) is -0.810. The Kier molecular flexibility index (Phi) is 4.06. The van der Waals surface area contributed by atoms with Gasteiger partial charge < -0.3 is 20.5 Å². The molecule has 6 heteroatoms. The van der Waals surface area contributed by atoms with Crippen molar-refractivity contribution in [1.82, 2.24) is 10.6 Å². The normalized spacial score (nSPS) is 16.8. The minimum Gasteiger partial charge on any atom is -0.484 e. The number of nitrogens with one attached hydrogen (secondary N) is 2. The lowest BCUT2D eigenvalue weighted by Gasteiger charge is -2.37. The zero-order valence-electron chi connectivity index (χ0n) is 9.78. The molecule has 0 radical (unpaired) electrons. The van der Waals surface area contributed by atoms with Crippen molar-refractivity contribution in [3.63, 3.8) is 0 Å². The zero-order chi connectivity index (χ0) is 13.0. The van der Waals surface area contributed by atoms with Crippen LogP contribution in [0.15, 0.2) is 24.3 Å². The van der Waals surface area contributed by atoms with Gasteiger partial charge in [-0.05, 0) is 24.3 Å². The van der Waals surface area contributed by atoms with Crippen LogP contribution < -0.4 is 15.4 Å². The molecule has 0 saturated carbocycles. The Bertz CT molecular complexity index is 418. The molecule has 0 aliphatic carbocycles. The number of amides is 1. The molecule has 2 rings (SSSR count). The van der Waals surface area contributed by atoms with Gasteiger partial charge in [0.15, 0.2) is 6.61 Å². The number of halogens is 1. The highest BCUT2D eigenvalue weighted by molar-refractivity contribution is 6.30. The Balaban J connectivity index is 1.69. The third-order valence-corrected chi connectivity index (χ3v) is 2.96. The molecule has 5 nitrogen and oxygen atoms in total. The first-order valence-corrected chi connectivity index (χ1v) is 6.03. The first-order chi connectivity index (χ1) is 8.57. The number of benzene rings is 1. The zero-order valence-corrected chi connectivity index (χ0v) is 10.5. The summed E-state index contributed by atoms with van der Waals surface area (Å²) in [4.78, 5) is 11.5. The molecule has 1 amide bonds. The molecule has 1 fully saturated rings. The molecule has 1 aliphatic heterocycles. The third-order valence-electron chi connectivity index (χ3n) is 2.71. The summed E-state index contributed by atoms with van der Waals surface area (Å²) in [6.45, 7) is 1.17. The molecule has 1 heterocycles. The molecule has 1 aromatic rings. The number of rotatable bonds is 5. The lowest BCUT2D eigenvalue weighted by Crippen LogP contribution is -2.64. The average Bonchev–Trinajstić information content (AvgIpc) is 2.33. The number of hydrogen-bond donors (Lipinski definition) is 3. The van der Waals surface area contributed by atoms with E-state index in [1.165, 1.54) is 0 Å². The molecule has 0 aromatic heterocycles. The monoisotopic (exact) mass is 270 g/mol. The number of carbonyl (C=O) groups excluding carboxylic acids is 1. The first kappa shape index (κ1) is 13.1. The Labute approximate surface area is 110 Å². The molecular formula is C12H15ClN2O3. The van der Waals surface area contributed by atoms with Crippen molar-refractivity contribution in [3.8, 4) is 5.75 Å². The first-order valence-electron chi connectivity index (χ1n) is 5.66. The van der Waals surface area contributed by atoms with Crippen molar-refractivity contribution in [2.24, 2.45) is 0 Å². The molecule has 18 heavy (non-hydrogen) atoms. The van der Waals surface area contributed by atoms with E-state index in [0.717, 1.165) is 0 Å². The van der Waals surface area contributed by atoms with Crippen molar-refractivity contribution < 1.29 is 14.6 Å². The van der Waals surface area contributed by atoms with Gasteiger partial charge >= 0.3 is 0 Å². The van der Waals surface area contributed by atoms with Gasteiger partial charge in [0.05, 0.1) is 0 Å². The van der Waals surface area contributed by atoms with Crippen LogP contribution in [0.3, 0.4) is 0 Å². The van der Waals surface area contributed by atoms with Crippen molar-refractivity contribution in [2.75, 3.05) is 26.2 Å². The number of hydrogen-bond acceptors (Lipinski definition) is 4. The number of aliphatic hydroxyl groups is 1. The van der Waals surface area contributed by atoms with Crippen LogP contribution in [-0.4, -0.2) is 42.9 Å². The highest BCUT2D eigenvalue weighted by Gasteiger charge is 2.34. The third kappa shape index (κ3) is 3.60. The second-order valence-corrected chi connectivity index (χ2v) is 4.78. The van der Waals surface area contributed by atoms with Gasteiger partial charge in [0.25, 0.3) is 5.91 Å². The Morgan fingerprint density at radius 3 is 2.67 bits per heavy atom. The second-order valence-electron chi connectivity index (χ2n) is 4.35. The second kappa shape index (κ2) is 5.56. The molecular weight excluding hydrogens is 256 g/mol. The van der Waals surface area contributed by atoms with E-state index >= 15 is 0 Å². The summed E-state index contributed by atoms with van der Waals surface area (Å²) in [6.07, 6.45) is 0. The highest BCUT2D eigenvalue weighted by Crippen LogP contribution is 2.15. The molecule has 0 spiro atoms. The lowest BCUT2D eigenvalue weighted by molar-refractivity contribution is -0.124. The van der Waals surface area contributed by atoms with E-state index in [-0.39, 0.29) is 19.1 Å². The van der Waals surface area contributed by atoms with Gasteiger partial charge in [-0.1, -0.05) is 11.6 Å². The molecule has 98 valence electrons. The maximum absolute atomic E-state index is 11.5. The van der Waals surface area contributed by atoms with Gasteiger partial charge in [0, 0.05) is 24.7 Å². The van der Waals surface area contributed by atoms with Gasteiger partial charge in [-0.3, -0.25) is 4.79 Å². The molecule has 1 aromatic carbocycles. The SMILES string of the molecule is O=C(COc1ccc(Cl)cc1)NCC1(O)CNC1. The van der Waals surface area contributed by atoms with Crippen LogP contribution in [0.1, 0.15) is 0 Å². The maximum Gasteiger partial charge on any atom is 0.258 e. The van der Waals surface area contributed by atoms with Crippen LogP contribution in [0, 0.1) is 0 Å². The Hall–Kier alpha value is -1.30. The molecule has 3 N–H and O–H groups in total. The minimum absolute atomic E-state index is 0.0782. The van der Waals surface area contributed by atoms with E-state index in [4.69, 9.17) is 16.3 Å². The van der Waals surface area contributed by atoms with Gasteiger partial charge in [-0.15, -0.1) is 0 Å². The number of ether oxygens (including phenoxy) is 1. The van der Waals surface area contributed by atoms with Gasteiger partial charge in [-0.25, -0.2) is 0 Å². The van der Waals surface area contributed by atoms with E-state index in [2.05, 4.69) is 10.6 Å². The van der Waals surface area contributed by atoms with E-state index < -0.39 is 5.60 Å². The van der Waals surface area contributed by atoms with E-state index in [1.807, 2.05) is 0 Å². The van der Waals surface area contributed by atoms with Crippen LogP contribution in [0.25, 0.3) is 0 Å². The number of β-amino-alcohol motifs (C(OH)–C–C–N with tert-alkyl or cyclic N) is 1. The Morgan fingerprint density at radius 2 is 2.11 bits per heavy atom. The summed E-state index contributed by atoms with van der Waals surface area (Å²) < 4.78 is 5.27. The van der Waals surface area contributed by atoms with Crippen molar-refractivity contribution >= 4 is 17.5 Å². The molecule has 0 bridgehead atoms. The average molecular weight is 271 g/mol. The van der Waals surface area contributed by atoms with Crippen LogP contribution in [-0.2, 0) is 4.79 Å². The predicted octanol–water partition coefficient (Wildman–Crippen LogP) is 0.169. The molecule has 0 atom stereocenters. The quantitative estimate of drug-likeness (QED) is 0.713.